The summed E-state index contributed by atoms with van der Waals surface area (Å²) in [5.74, 6) is 0.585. The molecule has 1 aromatic carbocycles. The van der Waals surface area contributed by atoms with E-state index in [1.54, 1.807) is 0 Å². The van der Waals surface area contributed by atoms with E-state index in [0.717, 1.165) is 51.7 Å². The largest absolute Gasteiger partial charge is 0.371 e. The predicted octanol–water partition coefficient (Wildman–Crippen LogP) is 2.29. The molecule has 1 aliphatic carbocycles. The number of nitrogens with one attached hydrogen (secondary N) is 1. The highest BCUT2D eigenvalue weighted by Crippen LogP contribution is 2.27. The molecule has 0 spiro atoms. The molecule has 1 saturated carbocycles. The number of carbonyl (C=O) groups is 1. The quantitative estimate of drug-likeness (QED) is 0.897. The zero-order valence-electron chi connectivity index (χ0n) is 13.3. The molecule has 1 atom stereocenters. The van der Waals surface area contributed by atoms with E-state index in [1.165, 1.54) is 12.1 Å². The standard InChI is InChI=1S/C18H27N3O/c19-18(10-5-2-6-11-18)17(22)20-13-15-9-12-21(14-15)16-7-3-1-4-8-16/h1,3-4,7-8,15H,2,5-6,9-14,19H2,(H,20,22). The first-order valence-electron chi connectivity index (χ1n) is 8.54. The van der Waals surface area contributed by atoms with Crippen LogP contribution in [0, 0.1) is 5.92 Å². The van der Waals surface area contributed by atoms with Crippen LogP contribution in [0.15, 0.2) is 30.3 Å². The molecule has 3 rings (SSSR count). The Labute approximate surface area is 133 Å². The molecule has 1 unspecified atom stereocenters. The van der Waals surface area contributed by atoms with Gasteiger partial charge >= 0.3 is 0 Å². The van der Waals surface area contributed by atoms with Crippen LogP contribution in [-0.4, -0.2) is 31.1 Å². The number of amides is 1. The Morgan fingerprint density at radius 2 is 1.95 bits per heavy atom. The third-order valence-corrected chi connectivity index (χ3v) is 5.16. The first-order chi connectivity index (χ1) is 10.7. The van der Waals surface area contributed by atoms with Gasteiger partial charge in [0.1, 0.15) is 0 Å². The minimum atomic E-state index is -0.615. The van der Waals surface area contributed by atoms with Crippen molar-refractivity contribution in [3.63, 3.8) is 0 Å². The van der Waals surface area contributed by atoms with Gasteiger partial charge in [0.15, 0.2) is 0 Å². The van der Waals surface area contributed by atoms with Gasteiger partial charge in [-0.15, -0.1) is 0 Å². The lowest BCUT2D eigenvalue weighted by Crippen LogP contribution is -2.55. The van der Waals surface area contributed by atoms with Crippen molar-refractivity contribution in [3.8, 4) is 0 Å². The third kappa shape index (κ3) is 3.43. The highest BCUT2D eigenvalue weighted by atomic mass is 16.2. The molecule has 3 N–H and O–H groups in total. The SMILES string of the molecule is NC1(C(=O)NCC2CCN(c3ccccc3)C2)CCCCC1. The van der Waals surface area contributed by atoms with Crippen LogP contribution in [0.1, 0.15) is 38.5 Å². The highest BCUT2D eigenvalue weighted by Gasteiger charge is 2.35. The lowest BCUT2D eigenvalue weighted by atomic mass is 9.82. The molecule has 0 radical (unpaired) electrons. The zero-order valence-corrected chi connectivity index (χ0v) is 13.3. The Bertz CT molecular complexity index is 496. The Kier molecular flexibility index (Phi) is 4.67. The van der Waals surface area contributed by atoms with Crippen LogP contribution in [0.3, 0.4) is 0 Å². The number of benzene rings is 1. The minimum Gasteiger partial charge on any atom is -0.371 e. The van der Waals surface area contributed by atoms with Crippen molar-refractivity contribution < 1.29 is 4.79 Å². The van der Waals surface area contributed by atoms with Crippen LogP contribution in [0.25, 0.3) is 0 Å². The first kappa shape index (κ1) is 15.3. The van der Waals surface area contributed by atoms with Crippen LogP contribution in [0.2, 0.25) is 0 Å². The highest BCUT2D eigenvalue weighted by molar-refractivity contribution is 5.86. The number of anilines is 1. The maximum absolute atomic E-state index is 12.4. The number of hydrogen-bond acceptors (Lipinski definition) is 3. The number of para-hydroxylation sites is 1. The second-order valence-corrected chi connectivity index (χ2v) is 6.86. The number of nitrogens with zero attached hydrogens (tertiary/aromatic N) is 1. The van der Waals surface area contributed by atoms with Gasteiger partial charge < -0.3 is 16.0 Å². The van der Waals surface area contributed by atoms with Gasteiger partial charge in [0.05, 0.1) is 5.54 Å². The molecular formula is C18H27N3O. The second-order valence-electron chi connectivity index (χ2n) is 6.86. The van der Waals surface area contributed by atoms with Crippen LogP contribution in [0.5, 0.6) is 0 Å². The van der Waals surface area contributed by atoms with Crippen LogP contribution < -0.4 is 16.0 Å². The topological polar surface area (TPSA) is 58.4 Å². The molecular weight excluding hydrogens is 274 g/mol. The molecule has 4 heteroatoms. The van der Waals surface area contributed by atoms with Crippen molar-refractivity contribution in [2.45, 2.75) is 44.1 Å². The summed E-state index contributed by atoms with van der Waals surface area (Å²) < 4.78 is 0. The number of carbonyl (C=O) groups excluding carboxylic acids is 1. The number of hydrogen-bond donors (Lipinski definition) is 2. The summed E-state index contributed by atoms with van der Waals surface area (Å²) in [7, 11) is 0. The van der Waals surface area contributed by atoms with E-state index in [2.05, 4.69) is 34.5 Å². The van der Waals surface area contributed by atoms with Gasteiger partial charge in [-0.25, -0.2) is 0 Å². The molecule has 22 heavy (non-hydrogen) atoms. The predicted molar refractivity (Wildman–Crippen MR) is 89.8 cm³/mol. The monoisotopic (exact) mass is 301 g/mol. The van der Waals surface area contributed by atoms with E-state index in [4.69, 9.17) is 5.73 Å². The van der Waals surface area contributed by atoms with Crippen molar-refractivity contribution in [3.05, 3.63) is 30.3 Å². The molecule has 1 saturated heterocycles. The van der Waals surface area contributed by atoms with E-state index in [1.807, 2.05) is 6.07 Å². The number of nitrogens with two attached hydrogens (primary N) is 1. The van der Waals surface area contributed by atoms with E-state index >= 15 is 0 Å². The summed E-state index contributed by atoms with van der Waals surface area (Å²) >= 11 is 0. The minimum absolute atomic E-state index is 0.0605. The molecule has 120 valence electrons. The van der Waals surface area contributed by atoms with E-state index in [-0.39, 0.29) is 5.91 Å². The van der Waals surface area contributed by atoms with Crippen LogP contribution >= 0.6 is 0 Å². The third-order valence-electron chi connectivity index (χ3n) is 5.16. The summed E-state index contributed by atoms with van der Waals surface area (Å²) in [6, 6.07) is 10.5. The summed E-state index contributed by atoms with van der Waals surface area (Å²) in [4.78, 5) is 14.8. The van der Waals surface area contributed by atoms with E-state index in [0.29, 0.717) is 5.92 Å². The normalized spacial score (nSPS) is 24.2. The van der Waals surface area contributed by atoms with Crippen molar-refractivity contribution in [2.75, 3.05) is 24.5 Å². The average molecular weight is 301 g/mol. The maximum Gasteiger partial charge on any atom is 0.240 e. The van der Waals surface area contributed by atoms with Gasteiger partial charge in [-0.2, -0.15) is 0 Å². The fourth-order valence-corrected chi connectivity index (χ4v) is 3.70. The first-order valence-corrected chi connectivity index (χ1v) is 8.54. The summed E-state index contributed by atoms with van der Waals surface area (Å²) in [6.45, 7) is 2.83. The fourth-order valence-electron chi connectivity index (χ4n) is 3.70. The molecule has 4 nitrogen and oxygen atoms in total. The Hall–Kier alpha value is -1.55. The van der Waals surface area contributed by atoms with Gasteiger partial charge in [-0.3, -0.25) is 4.79 Å². The number of rotatable bonds is 4. The lowest BCUT2D eigenvalue weighted by Gasteiger charge is -2.32. The van der Waals surface area contributed by atoms with Gasteiger partial charge in [-0.05, 0) is 37.3 Å². The Morgan fingerprint density at radius 1 is 1.23 bits per heavy atom. The summed E-state index contributed by atoms with van der Waals surface area (Å²) in [5.41, 5.74) is 6.94. The summed E-state index contributed by atoms with van der Waals surface area (Å²) in [6.07, 6.45) is 6.16. The maximum atomic E-state index is 12.4. The fraction of sp³-hybridized carbons (Fsp3) is 0.611. The average Bonchev–Trinajstić information content (AvgIpc) is 3.03. The molecule has 0 aromatic heterocycles. The van der Waals surface area contributed by atoms with Crippen LogP contribution in [0.4, 0.5) is 5.69 Å². The zero-order chi connectivity index (χ0) is 15.4. The van der Waals surface area contributed by atoms with E-state index in [9.17, 15) is 4.79 Å². The molecule has 1 amide bonds. The van der Waals surface area contributed by atoms with Crippen molar-refractivity contribution in [1.29, 1.82) is 0 Å². The Balaban J connectivity index is 1.47. The lowest BCUT2D eigenvalue weighted by molar-refractivity contribution is -0.127. The molecule has 2 aliphatic rings. The van der Waals surface area contributed by atoms with Gasteiger partial charge in [0.25, 0.3) is 0 Å². The molecule has 2 fully saturated rings. The van der Waals surface area contributed by atoms with Gasteiger partial charge in [0.2, 0.25) is 5.91 Å². The second kappa shape index (κ2) is 6.69. The van der Waals surface area contributed by atoms with Crippen LogP contribution in [-0.2, 0) is 4.79 Å². The van der Waals surface area contributed by atoms with Gasteiger partial charge in [-0.1, -0.05) is 37.5 Å². The van der Waals surface area contributed by atoms with E-state index < -0.39 is 5.54 Å². The molecule has 1 heterocycles. The summed E-state index contributed by atoms with van der Waals surface area (Å²) in [5, 5.41) is 3.12. The molecule has 0 bridgehead atoms. The van der Waals surface area contributed by atoms with Crippen molar-refractivity contribution >= 4 is 11.6 Å². The smallest absolute Gasteiger partial charge is 0.240 e. The Morgan fingerprint density at radius 3 is 2.68 bits per heavy atom. The molecule has 1 aromatic rings. The van der Waals surface area contributed by atoms with Crippen molar-refractivity contribution in [2.24, 2.45) is 11.7 Å². The van der Waals surface area contributed by atoms with Crippen molar-refractivity contribution in [1.82, 2.24) is 5.32 Å². The van der Waals surface area contributed by atoms with Gasteiger partial charge in [0, 0.05) is 25.3 Å². The molecule has 1 aliphatic heterocycles.